The summed E-state index contributed by atoms with van der Waals surface area (Å²) < 4.78 is 4.67. The van der Waals surface area contributed by atoms with Gasteiger partial charge in [-0.3, -0.25) is 10.1 Å². The van der Waals surface area contributed by atoms with Crippen molar-refractivity contribution in [3.63, 3.8) is 0 Å². The van der Waals surface area contributed by atoms with Gasteiger partial charge in [0.15, 0.2) is 0 Å². The zero-order valence-electron chi connectivity index (χ0n) is 10.6. The molecule has 0 amide bonds. The maximum Gasteiger partial charge on any atom is 0.339 e. The first-order valence-corrected chi connectivity index (χ1v) is 6.53. The smallest absolute Gasteiger partial charge is 0.339 e. The van der Waals surface area contributed by atoms with Gasteiger partial charge in [-0.2, -0.15) is 0 Å². The predicted octanol–water partition coefficient (Wildman–Crippen LogP) is 3.53. The number of carbonyl (C=O) groups excluding carboxylic acids is 1. The third kappa shape index (κ3) is 2.97. The molecule has 0 fully saturated rings. The highest BCUT2D eigenvalue weighted by Crippen LogP contribution is 2.37. The molecule has 0 saturated heterocycles. The lowest BCUT2D eigenvalue weighted by atomic mass is 10.2. The number of hydrogen-bond acceptors (Lipinski definition) is 5. The molecule has 0 aliphatic rings. The Bertz CT molecular complexity index is 643. The van der Waals surface area contributed by atoms with Gasteiger partial charge in [-0.1, -0.05) is 36.0 Å². The van der Waals surface area contributed by atoms with E-state index in [0.717, 1.165) is 4.90 Å². The minimum absolute atomic E-state index is 0.109. The molecule has 0 spiro atoms. The summed E-state index contributed by atoms with van der Waals surface area (Å²) in [4.78, 5) is 23.5. The molecule has 0 aliphatic carbocycles. The molecule has 0 unspecified atom stereocenters. The summed E-state index contributed by atoms with van der Waals surface area (Å²) >= 11 is 1.17. The fourth-order valence-corrected chi connectivity index (χ4v) is 2.69. The van der Waals surface area contributed by atoms with Gasteiger partial charge in [0, 0.05) is 11.0 Å². The zero-order chi connectivity index (χ0) is 14.5. The molecule has 2 rings (SSSR count). The number of hydrogen-bond donors (Lipinski definition) is 0. The lowest BCUT2D eigenvalue weighted by molar-refractivity contribution is -0.387. The van der Waals surface area contributed by atoms with Crippen LogP contribution in [0, 0.1) is 10.1 Å². The van der Waals surface area contributed by atoms with Crippen LogP contribution in [-0.2, 0) is 4.74 Å². The second kappa shape index (κ2) is 6.21. The number of esters is 1. The predicted molar refractivity (Wildman–Crippen MR) is 75.0 cm³/mol. The van der Waals surface area contributed by atoms with E-state index < -0.39 is 10.9 Å². The largest absolute Gasteiger partial charge is 0.465 e. The first-order chi connectivity index (χ1) is 9.63. The van der Waals surface area contributed by atoms with Crippen LogP contribution in [0.25, 0.3) is 0 Å². The van der Waals surface area contributed by atoms with Crippen molar-refractivity contribution in [1.82, 2.24) is 0 Å². The Morgan fingerprint density at radius 1 is 1.15 bits per heavy atom. The van der Waals surface area contributed by atoms with Crippen LogP contribution in [0.15, 0.2) is 58.3 Å². The number of carbonyl (C=O) groups is 1. The van der Waals surface area contributed by atoms with Crippen molar-refractivity contribution in [3.8, 4) is 0 Å². The van der Waals surface area contributed by atoms with Gasteiger partial charge in [0.25, 0.3) is 5.69 Å². The third-order valence-corrected chi connectivity index (χ3v) is 3.70. The molecule has 0 aliphatic heterocycles. The van der Waals surface area contributed by atoms with Crippen molar-refractivity contribution in [2.75, 3.05) is 7.11 Å². The zero-order valence-corrected chi connectivity index (χ0v) is 11.4. The lowest BCUT2D eigenvalue weighted by Crippen LogP contribution is -2.05. The van der Waals surface area contributed by atoms with Gasteiger partial charge in [0.1, 0.15) is 4.90 Å². The Balaban J connectivity index is 2.52. The molecular weight excluding hydrogens is 278 g/mol. The van der Waals surface area contributed by atoms with Gasteiger partial charge in [-0.15, -0.1) is 0 Å². The molecule has 2 aromatic rings. The Hall–Kier alpha value is -2.34. The summed E-state index contributed by atoms with van der Waals surface area (Å²) in [6, 6.07) is 13.5. The number of rotatable bonds is 4. The maximum absolute atomic E-state index is 11.7. The van der Waals surface area contributed by atoms with Crippen LogP contribution in [-0.4, -0.2) is 18.0 Å². The van der Waals surface area contributed by atoms with Crippen LogP contribution < -0.4 is 0 Å². The van der Waals surface area contributed by atoms with Crippen LogP contribution in [0.1, 0.15) is 10.4 Å². The van der Waals surface area contributed by atoms with E-state index in [0.29, 0.717) is 0 Å². The molecule has 0 radical (unpaired) electrons. The lowest BCUT2D eigenvalue weighted by Gasteiger charge is -2.08. The minimum Gasteiger partial charge on any atom is -0.465 e. The average Bonchev–Trinajstić information content (AvgIpc) is 2.47. The van der Waals surface area contributed by atoms with Crippen LogP contribution in [0.5, 0.6) is 0 Å². The summed E-state index contributed by atoms with van der Waals surface area (Å²) in [6.07, 6.45) is 0. The van der Waals surface area contributed by atoms with Crippen molar-refractivity contribution >= 4 is 23.4 Å². The topological polar surface area (TPSA) is 69.4 Å². The highest BCUT2D eigenvalue weighted by Gasteiger charge is 2.22. The molecule has 6 heteroatoms. The number of nitrogens with zero attached hydrogens (tertiary/aromatic N) is 1. The van der Waals surface area contributed by atoms with E-state index in [9.17, 15) is 14.9 Å². The number of methoxy groups -OCH3 is 1. The summed E-state index contributed by atoms with van der Waals surface area (Å²) in [5, 5.41) is 11.1. The molecule has 0 N–H and O–H groups in total. The number of nitro benzene ring substituents is 1. The van der Waals surface area contributed by atoms with Crippen molar-refractivity contribution in [1.29, 1.82) is 0 Å². The summed E-state index contributed by atoms with van der Waals surface area (Å²) in [7, 11) is 1.25. The fourth-order valence-electron chi connectivity index (χ4n) is 1.65. The summed E-state index contributed by atoms with van der Waals surface area (Å²) in [5.74, 6) is -0.591. The second-order valence-electron chi connectivity index (χ2n) is 3.82. The molecule has 0 aromatic heterocycles. The monoisotopic (exact) mass is 289 g/mol. The minimum atomic E-state index is -0.591. The molecule has 5 nitrogen and oxygen atoms in total. The number of benzene rings is 2. The third-order valence-electron chi connectivity index (χ3n) is 2.56. The summed E-state index contributed by atoms with van der Waals surface area (Å²) in [6.45, 7) is 0. The van der Waals surface area contributed by atoms with E-state index in [-0.39, 0.29) is 16.1 Å². The van der Waals surface area contributed by atoms with Gasteiger partial charge in [-0.25, -0.2) is 4.79 Å². The van der Waals surface area contributed by atoms with Crippen LogP contribution in [0.4, 0.5) is 5.69 Å². The van der Waals surface area contributed by atoms with Crippen molar-refractivity contribution < 1.29 is 14.5 Å². The second-order valence-corrected chi connectivity index (χ2v) is 4.90. The van der Waals surface area contributed by atoms with Gasteiger partial charge in [-0.05, 0) is 18.2 Å². The Morgan fingerprint density at radius 2 is 1.85 bits per heavy atom. The van der Waals surface area contributed by atoms with Gasteiger partial charge in [0.05, 0.1) is 17.6 Å². The van der Waals surface area contributed by atoms with Gasteiger partial charge >= 0.3 is 5.97 Å². The quantitative estimate of drug-likeness (QED) is 0.489. The molecule has 102 valence electrons. The van der Waals surface area contributed by atoms with E-state index in [4.69, 9.17) is 0 Å². The highest BCUT2D eigenvalue weighted by molar-refractivity contribution is 7.99. The molecule has 0 saturated carbocycles. The Labute approximate surface area is 119 Å². The van der Waals surface area contributed by atoms with Crippen molar-refractivity contribution in [2.24, 2.45) is 0 Å². The van der Waals surface area contributed by atoms with E-state index in [2.05, 4.69) is 4.74 Å². The standard InChI is InChI=1S/C14H11NO4S/c1-19-14(16)11-8-5-9-12(15(17)18)13(11)20-10-6-3-2-4-7-10/h2-9H,1H3. The summed E-state index contributed by atoms with van der Waals surface area (Å²) in [5.41, 5.74) is 0.0808. The van der Waals surface area contributed by atoms with Crippen LogP contribution in [0.2, 0.25) is 0 Å². The van der Waals surface area contributed by atoms with Gasteiger partial charge in [0.2, 0.25) is 0 Å². The highest BCUT2D eigenvalue weighted by atomic mass is 32.2. The number of ether oxygens (including phenoxy) is 1. The molecule has 2 aromatic carbocycles. The molecule has 20 heavy (non-hydrogen) atoms. The van der Waals surface area contributed by atoms with E-state index in [1.54, 1.807) is 0 Å². The van der Waals surface area contributed by atoms with E-state index in [1.165, 1.54) is 37.1 Å². The normalized spacial score (nSPS) is 10.1. The van der Waals surface area contributed by atoms with E-state index in [1.807, 2.05) is 30.3 Å². The molecular formula is C14H11NO4S. The van der Waals surface area contributed by atoms with Gasteiger partial charge < -0.3 is 4.74 Å². The fraction of sp³-hybridized carbons (Fsp3) is 0.0714. The van der Waals surface area contributed by atoms with Crippen LogP contribution >= 0.6 is 11.8 Å². The van der Waals surface area contributed by atoms with Crippen molar-refractivity contribution in [2.45, 2.75) is 9.79 Å². The Kier molecular flexibility index (Phi) is 4.37. The molecule has 0 heterocycles. The van der Waals surface area contributed by atoms with Crippen molar-refractivity contribution in [3.05, 3.63) is 64.2 Å². The molecule has 0 bridgehead atoms. The Morgan fingerprint density at radius 3 is 2.45 bits per heavy atom. The van der Waals surface area contributed by atoms with E-state index >= 15 is 0 Å². The van der Waals surface area contributed by atoms with Crippen LogP contribution in [0.3, 0.4) is 0 Å². The SMILES string of the molecule is COC(=O)c1cccc([N+](=O)[O-])c1Sc1ccccc1. The first-order valence-electron chi connectivity index (χ1n) is 5.72. The number of nitro groups is 1. The molecule has 0 atom stereocenters. The average molecular weight is 289 g/mol. The maximum atomic E-state index is 11.7. The first kappa shape index (κ1) is 14.1.